The largest absolute Gasteiger partial charge is 0.322 e. The Morgan fingerprint density at radius 3 is 2.56 bits per heavy atom. The maximum absolute atomic E-state index is 11.7. The van der Waals surface area contributed by atoms with Crippen LogP contribution in [0, 0.1) is 10.1 Å². The van der Waals surface area contributed by atoms with E-state index in [9.17, 15) is 19.7 Å². The third kappa shape index (κ3) is 1.78. The summed E-state index contributed by atoms with van der Waals surface area (Å²) >= 11 is 5.68. The van der Waals surface area contributed by atoms with E-state index in [0.29, 0.717) is 5.56 Å². The summed E-state index contributed by atoms with van der Waals surface area (Å²) in [6.45, 7) is 1.46. The van der Waals surface area contributed by atoms with E-state index in [-0.39, 0.29) is 10.7 Å². The van der Waals surface area contributed by atoms with Gasteiger partial charge in [0.1, 0.15) is 10.6 Å². The van der Waals surface area contributed by atoms with Gasteiger partial charge in [-0.25, -0.2) is 4.79 Å². The Morgan fingerprint density at radius 2 is 2.06 bits per heavy atom. The quantitative estimate of drug-likeness (QED) is 0.480. The van der Waals surface area contributed by atoms with E-state index in [0.717, 1.165) is 0 Å². The fourth-order valence-corrected chi connectivity index (χ4v) is 1.90. The van der Waals surface area contributed by atoms with E-state index in [1.807, 2.05) is 0 Å². The molecule has 0 aromatic heterocycles. The Labute approximate surface area is 106 Å². The molecular formula is C10H8ClN3O4. The molecule has 0 radical (unpaired) electrons. The van der Waals surface area contributed by atoms with Gasteiger partial charge in [-0.2, -0.15) is 0 Å². The normalized spacial score (nSPS) is 22.6. The first-order valence-electron chi connectivity index (χ1n) is 4.92. The maximum Gasteiger partial charge on any atom is 0.322 e. The lowest BCUT2D eigenvalue weighted by Crippen LogP contribution is -2.40. The molecule has 7 nitrogen and oxygen atoms in total. The first-order valence-corrected chi connectivity index (χ1v) is 5.30. The van der Waals surface area contributed by atoms with Crippen LogP contribution in [0.2, 0.25) is 5.02 Å². The zero-order valence-electron chi connectivity index (χ0n) is 9.19. The van der Waals surface area contributed by atoms with E-state index in [4.69, 9.17) is 11.6 Å². The molecule has 0 bridgehead atoms. The third-order valence-corrected chi connectivity index (χ3v) is 3.08. The van der Waals surface area contributed by atoms with Crippen LogP contribution in [-0.4, -0.2) is 16.9 Å². The summed E-state index contributed by atoms with van der Waals surface area (Å²) in [6, 6.07) is 3.31. The third-order valence-electron chi connectivity index (χ3n) is 2.76. The van der Waals surface area contributed by atoms with Crippen molar-refractivity contribution in [1.82, 2.24) is 10.6 Å². The van der Waals surface area contributed by atoms with Gasteiger partial charge in [-0.1, -0.05) is 17.7 Å². The number of halogens is 1. The number of hydrogen-bond acceptors (Lipinski definition) is 4. The van der Waals surface area contributed by atoms with Crippen molar-refractivity contribution in [1.29, 1.82) is 0 Å². The molecule has 8 heteroatoms. The van der Waals surface area contributed by atoms with Crippen LogP contribution in [-0.2, 0) is 10.3 Å². The Bertz CT molecular complexity index is 574. The second-order valence-electron chi connectivity index (χ2n) is 3.96. The molecule has 1 aliphatic heterocycles. The smallest absolute Gasteiger partial charge is 0.320 e. The van der Waals surface area contributed by atoms with Gasteiger partial charge in [0.25, 0.3) is 11.6 Å². The molecule has 1 unspecified atom stereocenters. The van der Waals surface area contributed by atoms with Gasteiger partial charge in [0.2, 0.25) is 0 Å². The summed E-state index contributed by atoms with van der Waals surface area (Å²) < 4.78 is 0. The number of nitrogens with one attached hydrogen (secondary N) is 2. The highest BCUT2D eigenvalue weighted by Gasteiger charge is 2.44. The van der Waals surface area contributed by atoms with Crippen LogP contribution in [0.25, 0.3) is 0 Å². The number of hydrogen-bond donors (Lipinski definition) is 2. The zero-order chi connectivity index (χ0) is 13.5. The lowest BCUT2D eigenvalue weighted by molar-refractivity contribution is -0.384. The van der Waals surface area contributed by atoms with E-state index in [1.54, 1.807) is 0 Å². The van der Waals surface area contributed by atoms with Crippen LogP contribution in [0.4, 0.5) is 10.5 Å². The van der Waals surface area contributed by atoms with Gasteiger partial charge >= 0.3 is 6.03 Å². The van der Waals surface area contributed by atoms with Crippen molar-refractivity contribution in [3.05, 3.63) is 38.9 Å². The molecule has 18 heavy (non-hydrogen) atoms. The second kappa shape index (κ2) is 3.95. The van der Waals surface area contributed by atoms with Gasteiger partial charge < -0.3 is 5.32 Å². The molecular weight excluding hydrogens is 262 g/mol. The van der Waals surface area contributed by atoms with Crippen molar-refractivity contribution in [2.75, 3.05) is 0 Å². The molecule has 1 aromatic rings. The number of rotatable bonds is 2. The molecule has 1 aromatic carbocycles. The SMILES string of the molecule is CC1(c2ccc(Cl)c([N+](=O)[O-])c2)NC(=O)NC1=O. The van der Waals surface area contributed by atoms with Crippen molar-refractivity contribution >= 4 is 29.2 Å². The van der Waals surface area contributed by atoms with Crippen molar-refractivity contribution in [3.63, 3.8) is 0 Å². The predicted molar refractivity (Wildman–Crippen MR) is 62.1 cm³/mol. The summed E-state index contributed by atoms with van der Waals surface area (Å²) in [5.41, 5.74) is -1.35. The summed E-state index contributed by atoms with van der Waals surface area (Å²) in [5, 5.41) is 15.2. The standard InChI is InChI=1S/C10H8ClN3O4/c1-10(8(15)12-9(16)13-10)5-2-3-6(11)7(4-5)14(17)18/h2-4H,1H3,(H2,12,13,15,16). The highest BCUT2D eigenvalue weighted by Crippen LogP contribution is 2.31. The number of amides is 3. The van der Waals surface area contributed by atoms with Crippen LogP contribution in [0.5, 0.6) is 0 Å². The van der Waals surface area contributed by atoms with Crippen LogP contribution in [0.3, 0.4) is 0 Å². The van der Waals surface area contributed by atoms with E-state index in [2.05, 4.69) is 10.6 Å². The summed E-state index contributed by atoms with van der Waals surface area (Å²) in [5.74, 6) is -0.566. The number of carbonyl (C=O) groups excluding carboxylic acids is 2. The summed E-state index contributed by atoms with van der Waals surface area (Å²) in [7, 11) is 0. The molecule has 0 aliphatic carbocycles. The molecule has 1 fully saturated rings. The average molecular weight is 270 g/mol. The van der Waals surface area contributed by atoms with Crippen LogP contribution < -0.4 is 10.6 Å². The maximum atomic E-state index is 11.7. The van der Waals surface area contributed by atoms with Gasteiger partial charge in [0.05, 0.1) is 4.92 Å². The molecule has 1 atom stereocenters. The molecule has 2 N–H and O–H groups in total. The van der Waals surface area contributed by atoms with Gasteiger partial charge in [0.15, 0.2) is 0 Å². The topological polar surface area (TPSA) is 101 Å². The predicted octanol–water partition coefficient (Wildman–Crippen LogP) is 1.30. The minimum atomic E-state index is -1.33. The van der Waals surface area contributed by atoms with E-state index >= 15 is 0 Å². The summed E-state index contributed by atoms with van der Waals surface area (Å²) in [6.07, 6.45) is 0. The number of nitrogens with zero attached hydrogens (tertiary/aromatic N) is 1. The Morgan fingerprint density at radius 1 is 1.39 bits per heavy atom. The van der Waals surface area contributed by atoms with Gasteiger partial charge in [-0.05, 0) is 18.6 Å². The lowest BCUT2D eigenvalue weighted by Gasteiger charge is -2.20. The number of benzene rings is 1. The number of nitro benzene ring substituents is 1. The molecule has 1 aliphatic rings. The van der Waals surface area contributed by atoms with Crippen molar-refractivity contribution in [3.8, 4) is 0 Å². The minimum Gasteiger partial charge on any atom is -0.320 e. The molecule has 1 saturated heterocycles. The first-order chi connectivity index (χ1) is 8.34. The monoisotopic (exact) mass is 269 g/mol. The Balaban J connectivity index is 2.52. The molecule has 94 valence electrons. The molecule has 1 heterocycles. The number of nitro groups is 1. The van der Waals surface area contributed by atoms with Crippen molar-refractivity contribution < 1.29 is 14.5 Å². The Kier molecular flexibility index (Phi) is 2.70. The number of imide groups is 1. The number of carbonyl (C=O) groups is 2. The van der Waals surface area contributed by atoms with Crippen molar-refractivity contribution in [2.24, 2.45) is 0 Å². The number of urea groups is 1. The van der Waals surface area contributed by atoms with Gasteiger partial charge in [-0.3, -0.25) is 20.2 Å². The van der Waals surface area contributed by atoms with Gasteiger partial charge in [0, 0.05) is 6.07 Å². The first kappa shape index (κ1) is 12.3. The van der Waals surface area contributed by atoms with E-state index in [1.165, 1.54) is 25.1 Å². The van der Waals surface area contributed by atoms with Crippen LogP contribution >= 0.6 is 11.6 Å². The van der Waals surface area contributed by atoms with Crippen LogP contribution in [0.1, 0.15) is 12.5 Å². The Hall–Kier alpha value is -2.15. The highest BCUT2D eigenvalue weighted by molar-refractivity contribution is 6.32. The highest BCUT2D eigenvalue weighted by atomic mass is 35.5. The molecule has 2 rings (SSSR count). The van der Waals surface area contributed by atoms with Crippen LogP contribution in [0.15, 0.2) is 18.2 Å². The molecule has 0 saturated carbocycles. The zero-order valence-corrected chi connectivity index (χ0v) is 9.95. The summed E-state index contributed by atoms with van der Waals surface area (Å²) in [4.78, 5) is 32.9. The van der Waals surface area contributed by atoms with Gasteiger partial charge in [-0.15, -0.1) is 0 Å². The lowest BCUT2D eigenvalue weighted by atomic mass is 9.92. The second-order valence-corrected chi connectivity index (χ2v) is 4.36. The molecule has 3 amide bonds. The van der Waals surface area contributed by atoms with E-state index < -0.39 is 22.4 Å². The minimum absolute atomic E-state index is 0.0305. The fourth-order valence-electron chi connectivity index (χ4n) is 1.71. The van der Waals surface area contributed by atoms with Crippen molar-refractivity contribution in [2.45, 2.75) is 12.5 Å². The molecule has 0 spiro atoms. The fraction of sp³-hybridized carbons (Fsp3) is 0.200. The average Bonchev–Trinajstić information content (AvgIpc) is 2.53.